The van der Waals surface area contributed by atoms with E-state index in [-0.39, 0.29) is 6.10 Å². The average Bonchev–Trinajstić information content (AvgIpc) is 3.37. The normalized spacial score (nSPS) is 17.4. The van der Waals surface area contributed by atoms with E-state index in [4.69, 9.17) is 15.0 Å². The SMILES string of the molecule is Nn1c2c(c3ccc4c5ccccc5oc4c31)C=C1c3ccccc3OC1C2. The van der Waals surface area contributed by atoms with Crippen LogP contribution in [-0.2, 0) is 6.42 Å². The molecule has 7 rings (SSSR count). The Morgan fingerprint density at radius 1 is 0.893 bits per heavy atom. The predicted molar refractivity (Wildman–Crippen MR) is 112 cm³/mol. The molecule has 0 saturated carbocycles. The fraction of sp³-hybridized carbons (Fsp3) is 0.0833. The van der Waals surface area contributed by atoms with Gasteiger partial charge in [-0.05, 0) is 24.3 Å². The van der Waals surface area contributed by atoms with Crippen LogP contribution in [0.4, 0.5) is 0 Å². The number of nitrogens with zero attached hydrogens (tertiary/aromatic N) is 1. The molecule has 3 heterocycles. The summed E-state index contributed by atoms with van der Waals surface area (Å²) >= 11 is 0. The van der Waals surface area contributed by atoms with Gasteiger partial charge in [0.2, 0.25) is 0 Å². The van der Waals surface area contributed by atoms with Gasteiger partial charge >= 0.3 is 0 Å². The number of nitrogens with two attached hydrogens (primary N) is 1. The van der Waals surface area contributed by atoms with Crippen LogP contribution in [-0.4, -0.2) is 10.8 Å². The number of hydrogen-bond acceptors (Lipinski definition) is 3. The molecule has 2 N–H and O–H groups in total. The smallest absolute Gasteiger partial charge is 0.161 e. The lowest BCUT2D eigenvalue weighted by atomic mass is 9.90. The van der Waals surface area contributed by atoms with Crippen molar-refractivity contribution in [2.24, 2.45) is 0 Å². The quantitative estimate of drug-likeness (QED) is 0.388. The van der Waals surface area contributed by atoms with Gasteiger partial charge in [-0.2, -0.15) is 0 Å². The fourth-order valence-corrected chi connectivity index (χ4v) is 4.87. The molecular formula is C24H16N2O2. The lowest BCUT2D eigenvalue weighted by molar-refractivity contribution is 0.273. The summed E-state index contributed by atoms with van der Waals surface area (Å²) in [7, 11) is 0. The van der Waals surface area contributed by atoms with E-state index in [1.807, 2.05) is 30.3 Å². The van der Waals surface area contributed by atoms with Gasteiger partial charge in [-0.25, -0.2) is 0 Å². The molecule has 0 radical (unpaired) electrons. The Morgan fingerprint density at radius 2 is 1.71 bits per heavy atom. The predicted octanol–water partition coefficient (Wildman–Crippen LogP) is 5.11. The van der Waals surface area contributed by atoms with Gasteiger partial charge in [0.15, 0.2) is 5.58 Å². The largest absolute Gasteiger partial charge is 0.485 e. The fourth-order valence-electron chi connectivity index (χ4n) is 4.87. The second kappa shape index (κ2) is 4.78. The Balaban J connectivity index is 1.57. The summed E-state index contributed by atoms with van der Waals surface area (Å²) in [5.74, 6) is 7.56. The number of nitrogen functional groups attached to an aromatic ring is 1. The van der Waals surface area contributed by atoms with Crippen LogP contribution in [0.1, 0.15) is 16.8 Å². The van der Waals surface area contributed by atoms with E-state index in [0.717, 1.165) is 50.7 Å². The highest BCUT2D eigenvalue weighted by molar-refractivity contribution is 6.16. The van der Waals surface area contributed by atoms with Gasteiger partial charge in [0.05, 0.1) is 5.69 Å². The molecule has 2 aliphatic rings. The molecule has 4 heteroatoms. The number of aromatic nitrogens is 1. The van der Waals surface area contributed by atoms with Crippen molar-refractivity contribution in [2.45, 2.75) is 12.5 Å². The second-order valence-corrected chi connectivity index (χ2v) is 7.57. The highest BCUT2D eigenvalue weighted by atomic mass is 16.5. The number of rotatable bonds is 0. The third-order valence-electron chi connectivity index (χ3n) is 6.15. The number of para-hydroxylation sites is 2. The number of hydrogen-bond donors (Lipinski definition) is 1. The summed E-state index contributed by atoms with van der Waals surface area (Å²) in [4.78, 5) is 0. The van der Waals surface area contributed by atoms with Crippen molar-refractivity contribution in [2.75, 3.05) is 5.84 Å². The first-order chi connectivity index (χ1) is 13.8. The monoisotopic (exact) mass is 364 g/mol. The topological polar surface area (TPSA) is 53.3 Å². The zero-order valence-corrected chi connectivity index (χ0v) is 15.0. The standard InChI is InChI=1S/C24H16N2O2/c25-26-19-12-22-18(14-6-2-3-7-20(14)27-22)11-17(19)15-9-10-16-13-5-1-4-8-21(13)28-24(16)23(15)26/h1-11,22H,12,25H2. The van der Waals surface area contributed by atoms with Crippen LogP contribution in [0.15, 0.2) is 65.1 Å². The number of fused-ring (bicyclic) bond motifs is 10. The molecule has 2 aromatic heterocycles. The highest BCUT2D eigenvalue weighted by Crippen LogP contribution is 2.46. The summed E-state index contributed by atoms with van der Waals surface area (Å²) in [6.07, 6.45) is 3.01. The van der Waals surface area contributed by atoms with Gasteiger partial charge in [0.1, 0.15) is 23.0 Å². The molecule has 0 bridgehead atoms. The van der Waals surface area contributed by atoms with Crippen LogP contribution < -0.4 is 10.6 Å². The van der Waals surface area contributed by atoms with Gasteiger partial charge in [-0.15, -0.1) is 0 Å². The molecule has 28 heavy (non-hydrogen) atoms. The minimum Gasteiger partial charge on any atom is -0.485 e. The Hall–Kier alpha value is -3.66. The van der Waals surface area contributed by atoms with Gasteiger partial charge < -0.3 is 15.0 Å². The molecular weight excluding hydrogens is 348 g/mol. The molecule has 4 nitrogen and oxygen atoms in total. The van der Waals surface area contributed by atoms with E-state index in [1.165, 1.54) is 16.7 Å². The summed E-state index contributed by atoms with van der Waals surface area (Å²) in [6.45, 7) is 0. The van der Waals surface area contributed by atoms with E-state index in [0.29, 0.717) is 0 Å². The maximum atomic E-state index is 6.61. The third kappa shape index (κ3) is 1.62. The molecule has 1 atom stereocenters. The van der Waals surface area contributed by atoms with Crippen LogP contribution in [0.25, 0.3) is 44.5 Å². The minimum absolute atomic E-state index is 0.0164. The summed E-state index contributed by atoms with van der Waals surface area (Å²) < 4.78 is 14.2. The molecule has 1 aliphatic heterocycles. The number of furan rings is 1. The maximum Gasteiger partial charge on any atom is 0.161 e. The zero-order chi connectivity index (χ0) is 18.4. The van der Waals surface area contributed by atoms with Crippen molar-refractivity contribution in [1.29, 1.82) is 0 Å². The van der Waals surface area contributed by atoms with Crippen LogP contribution in [0.3, 0.4) is 0 Å². The number of benzene rings is 3. The van der Waals surface area contributed by atoms with Gasteiger partial charge in [0.25, 0.3) is 0 Å². The third-order valence-corrected chi connectivity index (χ3v) is 6.15. The van der Waals surface area contributed by atoms with E-state index < -0.39 is 0 Å². The van der Waals surface area contributed by atoms with Crippen LogP contribution in [0.2, 0.25) is 0 Å². The molecule has 134 valence electrons. The Bertz CT molecular complexity index is 1490. The van der Waals surface area contributed by atoms with Crippen LogP contribution >= 0.6 is 0 Å². The molecule has 0 saturated heterocycles. The van der Waals surface area contributed by atoms with Crippen LogP contribution in [0.5, 0.6) is 5.75 Å². The molecule has 3 aromatic carbocycles. The molecule has 1 aliphatic carbocycles. The van der Waals surface area contributed by atoms with Crippen molar-refractivity contribution in [1.82, 2.24) is 4.68 Å². The maximum absolute atomic E-state index is 6.61. The zero-order valence-electron chi connectivity index (χ0n) is 15.0. The second-order valence-electron chi connectivity index (χ2n) is 7.57. The molecule has 0 spiro atoms. The Labute approximate surface area is 160 Å². The Morgan fingerprint density at radius 3 is 2.68 bits per heavy atom. The summed E-state index contributed by atoms with van der Waals surface area (Å²) in [5.41, 5.74) is 7.36. The average molecular weight is 364 g/mol. The molecule has 0 amide bonds. The summed E-state index contributed by atoms with van der Waals surface area (Å²) in [6, 6.07) is 20.7. The van der Waals surface area contributed by atoms with Crippen molar-refractivity contribution >= 4 is 44.5 Å². The van der Waals surface area contributed by atoms with E-state index in [1.54, 1.807) is 4.68 Å². The van der Waals surface area contributed by atoms with Gasteiger partial charge in [-0.3, -0.25) is 4.68 Å². The minimum atomic E-state index is 0.0164. The van der Waals surface area contributed by atoms with E-state index in [9.17, 15) is 0 Å². The van der Waals surface area contributed by atoms with Gasteiger partial charge in [-0.1, -0.05) is 42.5 Å². The van der Waals surface area contributed by atoms with E-state index in [2.05, 4.69) is 36.4 Å². The lowest BCUT2D eigenvalue weighted by Gasteiger charge is -2.18. The van der Waals surface area contributed by atoms with Crippen molar-refractivity contribution in [3.05, 3.63) is 77.5 Å². The first-order valence-electron chi connectivity index (χ1n) is 9.50. The highest BCUT2D eigenvalue weighted by Gasteiger charge is 2.35. The summed E-state index contributed by atoms with van der Waals surface area (Å²) in [5, 5.41) is 3.34. The van der Waals surface area contributed by atoms with Crippen molar-refractivity contribution in [3.8, 4) is 5.75 Å². The van der Waals surface area contributed by atoms with E-state index >= 15 is 0 Å². The van der Waals surface area contributed by atoms with Crippen LogP contribution in [0, 0.1) is 0 Å². The van der Waals surface area contributed by atoms with Crippen molar-refractivity contribution < 1.29 is 9.15 Å². The lowest BCUT2D eigenvalue weighted by Crippen LogP contribution is -2.23. The molecule has 1 unspecified atom stereocenters. The van der Waals surface area contributed by atoms with Crippen molar-refractivity contribution in [3.63, 3.8) is 0 Å². The number of ether oxygens (including phenoxy) is 1. The molecule has 5 aromatic rings. The first-order valence-corrected chi connectivity index (χ1v) is 9.50. The van der Waals surface area contributed by atoms with Gasteiger partial charge in [0, 0.05) is 39.3 Å². The first kappa shape index (κ1) is 14.4. The Kier molecular flexibility index (Phi) is 2.46. The molecule has 0 fully saturated rings.